The van der Waals surface area contributed by atoms with Crippen LogP contribution in [-0.2, 0) is 9.84 Å². The van der Waals surface area contributed by atoms with Gasteiger partial charge < -0.3 is 10.6 Å². The van der Waals surface area contributed by atoms with Crippen LogP contribution in [0.25, 0.3) is 0 Å². The zero-order valence-electron chi connectivity index (χ0n) is 8.35. The van der Waals surface area contributed by atoms with Crippen molar-refractivity contribution in [2.45, 2.75) is 18.1 Å². The second kappa shape index (κ2) is 3.79. The van der Waals surface area contributed by atoms with Crippen molar-refractivity contribution in [2.24, 2.45) is 11.7 Å². The monoisotopic (exact) mass is 218 g/mol. The third kappa shape index (κ3) is 2.27. The Labute approximate surface area is 85.4 Å². The van der Waals surface area contributed by atoms with E-state index in [0.717, 1.165) is 32.5 Å². The molecule has 0 bridgehead atoms. The van der Waals surface area contributed by atoms with E-state index in [9.17, 15) is 8.42 Å². The highest BCUT2D eigenvalue weighted by Crippen LogP contribution is 2.29. The zero-order chi connectivity index (χ0) is 10.2. The molecule has 0 unspecified atom stereocenters. The molecule has 82 valence electrons. The van der Waals surface area contributed by atoms with Gasteiger partial charge in [-0.1, -0.05) is 0 Å². The van der Waals surface area contributed by atoms with Crippen molar-refractivity contribution in [1.82, 2.24) is 4.90 Å². The fourth-order valence-electron chi connectivity index (χ4n) is 1.86. The van der Waals surface area contributed by atoms with Gasteiger partial charge >= 0.3 is 0 Å². The Morgan fingerprint density at radius 3 is 2.43 bits per heavy atom. The number of sulfone groups is 1. The van der Waals surface area contributed by atoms with E-state index in [-0.39, 0.29) is 5.25 Å². The summed E-state index contributed by atoms with van der Waals surface area (Å²) in [4.78, 5) is 2.18. The number of nitrogens with zero attached hydrogens (tertiary/aromatic N) is 1. The van der Waals surface area contributed by atoms with Crippen molar-refractivity contribution in [3.8, 4) is 0 Å². The summed E-state index contributed by atoms with van der Waals surface area (Å²) in [6.07, 6.45) is 1.77. The van der Waals surface area contributed by atoms with Crippen molar-refractivity contribution < 1.29 is 8.42 Å². The number of rotatable bonds is 5. The van der Waals surface area contributed by atoms with Crippen molar-refractivity contribution in [2.75, 3.05) is 31.9 Å². The number of likely N-dealkylation sites (tertiary alicyclic amines) is 1. The molecule has 14 heavy (non-hydrogen) atoms. The normalized spacial score (nSPS) is 24.9. The average molecular weight is 218 g/mol. The quantitative estimate of drug-likeness (QED) is 0.673. The number of hydrogen-bond acceptors (Lipinski definition) is 4. The molecule has 0 atom stereocenters. The van der Waals surface area contributed by atoms with E-state index in [4.69, 9.17) is 5.73 Å². The van der Waals surface area contributed by atoms with E-state index in [1.54, 1.807) is 0 Å². The van der Waals surface area contributed by atoms with Crippen LogP contribution in [0.15, 0.2) is 0 Å². The maximum Gasteiger partial charge on any atom is 0.154 e. The van der Waals surface area contributed by atoms with Gasteiger partial charge in [-0.3, -0.25) is 0 Å². The van der Waals surface area contributed by atoms with E-state index in [2.05, 4.69) is 4.90 Å². The van der Waals surface area contributed by atoms with Gasteiger partial charge in [-0.2, -0.15) is 0 Å². The van der Waals surface area contributed by atoms with E-state index in [1.807, 2.05) is 0 Å². The molecule has 0 aromatic carbocycles. The summed E-state index contributed by atoms with van der Waals surface area (Å²) in [5.41, 5.74) is 5.49. The second-order valence-corrected chi connectivity index (χ2v) is 6.83. The Bertz CT molecular complexity index is 292. The molecule has 1 aliphatic carbocycles. The Kier molecular flexibility index (Phi) is 2.81. The van der Waals surface area contributed by atoms with Crippen molar-refractivity contribution >= 4 is 9.84 Å². The fraction of sp³-hybridized carbons (Fsp3) is 1.00. The predicted octanol–water partition coefficient (Wildman–Crippen LogP) is -0.546. The molecule has 2 N–H and O–H groups in total. The molecule has 2 rings (SSSR count). The average Bonchev–Trinajstić information content (AvgIpc) is 2.83. The van der Waals surface area contributed by atoms with Crippen LogP contribution in [0.3, 0.4) is 0 Å². The van der Waals surface area contributed by atoms with Crippen molar-refractivity contribution in [3.05, 3.63) is 0 Å². The van der Waals surface area contributed by atoms with Gasteiger partial charge in [0.05, 0.1) is 11.0 Å². The molecule has 2 fully saturated rings. The largest absolute Gasteiger partial charge is 0.330 e. The van der Waals surface area contributed by atoms with E-state index >= 15 is 0 Å². The lowest BCUT2D eigenvalue weighted by atomic mass is 10.0. The Morgan fingerprint density at radius 2 is 1.93 bits per heavy atom. The third-order valence-electron chi connectivity index (χ3n) is 3.09. The minimum Gasteiger partial charge on any atom is -0.330 e. The second-order valence-electron chi connectivity index (χ2n) is 4.43. The zero-order valence-corrected chi connectivity index (χ0v) is 9.17. The molecule has 4 nitrogen and oxygen atoms in total. The molecular weight excluding hydrogens is 200 g/mol. The van der Waals surface area contributed by atoms with Gasteiger partial charge in [0.25, 0.3) is 0 Å². The van der Waals surface area contributed by atoms with Crippen LogP contribution in [0, 0.1) is 5.92 Å². The molecule has 0 aromatic heterocycles. The first-order chi connectivity index (χ1) is 6.62. The van der Waals surface area contributed by atoms with Crippen molar-refractivity contribution in [3.63, 3.8) is 0 Å². The molecule has 2 aliphatic rings. The molecular formula is C9H18N2O2S. The van der Waals surface area contributed by atoms with Crippen LogP contribution in [0.4, 0.5) is 0 Å². The van der Waals surface area contributed by atoms with Gasteiger partial charge in [-0.15, -0.1) is 0 Å². The first-order valence-electron chi connectivity index (χ1n) is 5.26. The molecule has 1 saturated heterocycles. The highest BCUT2D eigenvalue weighted by molar-refractivity contribution is 7.92. The number of nitrogens with two attached hydrogens (primary N) is 1. The van der Waals surface area contributed by atoms with Crippen LogP contribution >= 0.6 is 0 Å². The summed E-state index contributed by atoms with van der Waals surface area (Å²) >= 11 is 0. The highest BCUT2D eigenvalue weighted by atomic mass is 32.2. The summed E-state index contributed by atoms with van der Waals surface area (Å²) in [6.45, 7) is 3.40. The lowest BCUT2D eigenvalue weighted by Gasteiger charge is -2.38. The van der Waals surface area contributed by atoms with Crippen LogP contribution in [0.5, 0.6) is 0 Å². The topological polar surface area (TPSA) is 63.4 Å². The summed E-state index contributed by atoms with van der Waals surface area (Å²) in [5.74, 6) is 0.938. The van der Waals surface area contributed by atoms with E-state index in [0.29, 0.717) is 18.2 Å². The fourth-order valence-corrected chi connectivity index (χ4v) is 3.56. The van der Waals surface area contributed by atoms with Crippen LogP contribution in [0.1, 0.15) is 12.8 Å². The molecule has 1 aliphatic heterocycles. The molecule has 1 saturated carbocycles. The summed E-state index contributed by atoms with van der Waals surface area (Å²) in [7, 11) is -2.76. The lowest BCUT2D eigenvalue weighted by molar-refractivity contribution is 0.114. The molecule has 5 heteroatoms. The van der Waals surface area contributed by atoms with Gasteiger partial charge in [0.2, 0.25) is 0 Å². The highest BCUT2D eigenvalue weighted by Gasteiger charge is 2.36. The number of hydrogen-bond donors (Lipinski definition) is 1. The Balaban J connectivity index is 1.68. The molecule has 0 spiro atoms. The first-order valence-corrected chi connectivity index (χ1v) is 6.97. The predicted molar refractivity (Wildman–Crippen MR) is 55.8 cm³/mol. The summed E-state index contributed by atoms with van der Waals surface area (Å²) in [5, 5.41) is -0.00548. The molecule has 0 aromatic rings. The van der Waals surface area contributed by atoms with Crippen LogP contribution in [0.2, 0.25) is 0 Å². The van der Waals surface area contributed by atoms with Crippen molar-refractivity contribution in [1.29, 1.82) is 0 Å². The third-order valence-corrected chi connectivity index (χ3v) is 5.33. The lowest BCUT2D eigenvalue weighted by Crippen LogP contribution is -2.51. The van der Waals surface area contributed by atoms with E-state index in [1.165, 1.54) is 0 Å². The van der Waals surface area contributed by atoms with Gasteiger partial charge in [0, 0.05) is 19.6 Å². The minimum absolute atomic E-state index is 0.00548. The van der Waals surface area contributed by atoms with Crippen LogP contribution in [-0.4, -0.2) is 50.5 Å². The SMILES string of the molecule is NCC1CN(CCS(=O)(=O)C2CC2)C1. The first kappa shape index (κ1) is 10.4. The van der Waals surface area contributed by atoms with Gasteiger partial charge in [0.1, 0.15) is 0 Å². The Hall–Kier alpha value is -0.130. The summed E-state index contributed by atoms with van der Waals surface area (Å²) < 4.78 is 23.1. The van der Waals surface area contributed by atoms with Crippen LogP contribution < -0.4 is 5.73 Å². The minimum atomic E-state index is -2.76. The molecule has 0 amide bonds. The standard InChI is InChI=1S/C9H18N2O2S/c10-5-8-6-11(7-8)3-4-14(12,13)9-1-2-9/h8-9H,1-7,10H2. The van der Waals surface area contributed by atoms with Gasteiger partial charge in [0.15, 0.2) is 9.84 Å². The molecule has 0 radical (unpaired) electrons. The Morgan fingerprint density at radius 1 is 1.29 bits per heavy atom. The maximum atomic E-state index is 11.5. The van der Waals surface area contributed by atoms with Gasteiger partial charge in [-0.25, -0.2) is 8.42 Å². The van der Waals surface area contributed by atoms with Gasteiger partial charge in [-0.05, 0) is 25.3 Å². The van der Waals surface area contributed by atoms with E-state index < -0.39 is 9.84 Å². The molecule has 1 heterocycles. The smallest absolute Gasteiger partial charge is 0.154 e. The maximum absolute atomic E-state index is 11.5. The summed E-state index contributed by atoms with van der Waals surface area (Å²) in [6, 6.07) is 0.